The van der Waals surface area contributed by atoms with E-state index in [1.165, 1.54) is 0 Å². The van der Waals surface area contributed by atoms with E-state index in [0.29, 0.717) is 24.2 Å². The van der Waals surface area contributed by atoms with Gasteiger partial charge in [-0.25, -0.2) is 4.99 Å². The van der Waals surface area contributed by atoms with Crippen molar-refractivity contribution in [2.75, 3.05) is 19.7 Å². The molecule has 2 N–H and O–H groups in total. The zero-order chi connectivity index (χ0) is 16.4. The molecule has 1 unspecified atom stereocenters. The summed E-state index contributed by atoms with van der Waals surface area (Å²) in [5, 5.41) is 10.4. The summed E-state index contributed by atoms with van der Waals surface area (Å²) in [6.45, 7) is 12.9. The molecule has 134 valence electrons. The fourth-order valence-electron chi connectivity index (χ4n) is 2.05. The predicted molar refractivity (Wildman–Crippen MR) is 102 cm³/mol. The van der Waals surface area contributed by atoms with Crippen molar-refractivity contribution in [2.24, 2.45) is 10.9 Å². The maximum Gasteiger partial charge on any atom is 0.223 e. The highest BCUT2D eigenvalue weighted by atomic mass is 127. The molecule has 1 heterocycles. The number of aryl methyl sites for hydroxylation is 1. The molecule has 0 radical (unpaired) electrons. The van der Waals surface area contributed by atoms with Gasteiger partial charge in [-0.2, -0.15) is 4.98 Å². The first-order chi connectivity index (χ1) is 10.6. The van der Waals surface area contributed by atoms with Crippen LogP contribution in [0.3, 0.4) is 0 Å². The number of halogens is 1. The average Bonchev–Trinajstić information content (AvgIpc) is 2.89. The quantitative estimate of drug-likeness (QED) is 0.350. The Hall–Kier alpha value is -0.900. The molecule has 0 saturated carbocycles. The second-order valence-corrected chi connectivity index (χ2v) is 5.38. The molecule has 0 amide bonds. The van der Waals surface area contributed by atoms with Crippen molar-refractivity contribution in [3.05, 3.63) is 11.7 Å². The lowest BCUT2D eigenvalue weighted by Crippen LogP contribution is -2.39. The third-order valence-electron chi connectivity index (χ3n) is 3.14. The standard InChI is InChI=1S/C15H29N5O2.HI/c1-6-16-15(18-10-14-19-12(5)22-20-14)17-9-8-13(11(3)4)21-7-2;/h11,13H,6-10H2,1-5H3,(H2,16,17,18);1H. The van der Waals surface area contributed by atoms with Crippen LogP contribution in [-0.2, 0) is 11.3 Å². The molecule has 8 heteroatoms. The van der Waals surface area contributed by atoms with Gasteiger partial charge in [0.05, 0.1) is 6.10 Å². The first-order valence-corrected chi connectivity index (χ1v) is 7.99. The van der Waals surface area contributed by atoms with Crippen LogP contribution in [0, 0.1) is 12.8 Å². The van der Waals surface area contributed by atoms with E-state index in [-0.39, 0.29) is 30.1 Å². The average molecular weight is 439 g/mol. The number of hydrogen-bond donors (Lipinski definition) is 2. The third-order valence-corrected chi connectivity index (χ3v) is 3.14. The van der Waals surface area contributed by atoms with Gasteiger partial charge in [0.2, 0.25) is 5.89 Å². The van der Waals surface area contributed by atoms with Crippen LogP contribution in [-0.4, -0.2) is 41.9 Å². The second-order valence-electron chi connectivity index (χ2n) is 5.38. The van der Waals surface area contributed by atoms with Crippen LogP contribution < -0.4 is 10.6 Å². The molecule has 0 saturated heterocycles. The van der Waals surface area contributed by atoms with Crippen molar-refractivity contribution in [3.8, 4) is 0 Å². The number of aliphatic imine (C=N–C) groups is 1. The van der Waals surface area contributed by atoms with Crippen molar-refractivity contribution >= 4 is 29.9 Å². The van der Waals surface area contributed by atoms with E-state index in [2.05, 4.69) is 39.6 Å². The molecule has 0 bridgehead atoms. The summed E-state index contributed by atoms with van der Waals surface area (Å²) < 4.78 is 10.7. The van der Waals surface area contributed by atoms with E-state index in [0.717, 1.165) is 32.1 Å². The van der Waals surface area contributed by atoms with Crippen molar-refractivity contribution in [1.29, 1.82) is 0 Å². The Morgan fingerprint density at radius 3 is 2.57 bits per heavy atom. The van der Waals surface area contributed by atoms with Gasteiger partial charge < -0.3 is 19.9 Å². The van der Waals surface area contributed by atoms with E-state index in [1.54, 1.807) is 6.92 Å². The number of hydrogen-bond acceptors (Lipinski definition) is 5. The fourth-order valence-corrected chi connectivity index (χ4v) is 2.05. The van der Waals surface area contributed by atoms with E-state index >= 15 is 0 Å². The lowest BCUT2D eigenvalue weighted by atomic mass is 10.0. The van der Waals surface area contributed by atoms with Crippen LogP contribution in [0.1, 0.15) is 45.8 Å². The number of guanidine groups is 1. The van der Waals surface area contributed by atoms with Gasteiger partial charge in [-0.15, -0.1) is 24.0 Å². The number of nitrogens with zero attached hydrogens (tertiary/aromatic N) is 3. The molecule has 0 fully saturated rings. The molecular formula is C15H30IN5O2. The number of ether oxygens (including phenoxy) is 1. The number of aromatic nitrogens is 2. The van der Waals surface area contributed by atoms with Gasteiger partial charge in [-0.3, -0.25) is 0 Å². The molecule has 1 aromatic rings. The Bertz CT molecular complexity index is 451. The molecule has 7 nitrogen and oxygen atoms in total. The minimum absolute atomic E-state index is 0. The lowest BCUT2D eigenvalue weighted by Gasteiger charge is -2.21. The van der Waals surface area contributed by atoms with Crippen LogP contribution in [0.25, 0.3) is 0 Å². The summed E-state index contributed by atoms with van der Waals surface area (Å²) in [6, 6.07) is 0. The first kappa shape index (κ1) is 22.1. The molecular weight excluding hydrogens is 409 g/mol. The van der Waals surface area contributed by atoms with E-state index in [9.17, 15) is 0 Å². The summed E-state index contributed by atoms with van der Waals surface area (Å²) in [4.78, 5) is 8.59. The Labute approximate surface area is 156 Å². The fraction of sp³-hybridized carbons (Fsp3) is 0.800. The maximum atomic E-state index is 5.74. The van der Waals surface area contributed by atoms with Crippen LogP contribution in [0.15, 0.2) is 9.52 Å². The lowest BCUT2D eigenvalue weighted by molar-refractivity contribution is 0.0258. The van der Waals surface area contributed by atoms with Crippen LogP contribution in [0.2, 0.25) is 0 Å². The highest BCUT2D eigenvalue weighted by Gasteiger charge is 2.13. The Balaban J connectivity index is 0.00000484. The normalized spacial score (nSPS) is 12.9. The Morgan fingerprint density at radius 2 is 2.04 bits per heavy atom. The van der Waals surface area contributed by atoms with Crippen LogP contribution >= 0.6 is 24.0 Å². The molecule has 23 heavy (non-hydrogen) atoms. The SMILES string of the molecule is CCNC(=NCc1noc(C)n1)NCCC(OCC)C(C)C.I. The highest BCUT2D eigenvalue weighted by Crippen LogP contribution is 2.09. The molecule has 0 aliphatic carbocycles. The molecule has 1 aromatic heterocycles. The van der Waals surface area contributed by atoms with E-state index in [4.69, 9.17) is 9.26 Å². The zero-order valence-corrected chi connectivity index (χ0v) is 17.1. The van der Waals surface area contributed by atoms with Gasteiger partial charge in [-0.05, 0) is 26.2 Å². The third kappa shape index (κ3) is 9.09. The molecule has 0 aliphatic heterocycles. The molecule has 0 aromatic carbocycles. The Morgan fingerprint density at radius 1 is 1.30 bits per heavy atom. The molecule has 1 rings (SSSR count). The van der Waals surface area contributed by atoms with E-state index in [1.807, 2.05) is 13.8 Å². The minimum atomic E-state index is 0. The van der Waals surface area contributed by atoms with Gasteiger partial charge in [0.25, 0.3) is 0 Å². The van der Waals surface area contributed by atoms with Gasteiger partial charge in [0.1, 0.15) is 6.54 Å². The molecule has 0 aliphatic rings. The van der Waals surface area contributed by atoms with Crippen LogP contribution in [0.4, 0.5) is 0 Å². The predicted octanol–water partition coefficient (Wildman–Crippen LogP) is 2.50. The van der Waals surface area contributed by atoms with Crippen molar-refractivity contribution in [1.82, 2.24) is 20.8 Å². The minimum Gasteiger partial charge on any atom is -0.378 e. The summed E-state index contributed by atoms with van der Waals surface area (Å²) >= 11 is 0. The topological polar surface area (TPSA) is 84.6 Å². The summed E-state index contributed by atoms with van der Waals surface area (Å²) in [6.07, 6.45) is 1.21. The van der Waals surface area contributed by atoms with Crippen molar-refractivity contribution < 1.29 is 9.26 Å². The maximum absolute atomic E-state index is 5.74. The highest BCUT2D eigenvalue weighted by molar-refractivity contribution is 14.0. The van der Waals surface area contributed by atoms with Gasteiger partial charge in [0, 0.05) is 26.6 Å². The molecule has 0 spiro atoms. The molecule has 1 atom stereocenters. The first-order valence-electron chi connectivity index (χ1n) is 7.99. The summed E-state index contributed by atoms with van der Waals surface area (Å²) in [7, 11) is 0. The van der Waals surface area contributed by atoms with Crippen molar-refractivity contribution in [2.45, 2.75) is 53.7 Å². The monoisotopic (exact) mass is 439 g/mol. The van der Waals surface area contributed by atoms with Gasteiger partial charge in [-0.1, -0.05) is 19.0 Å². The Kier molecular flexibility index (Phi) is 12.0. The van der Waals surface area contributed by atoms with Crippen LogP contribution in [0.5, 0.6) is 0 Å². The number of nitrogens with one attached hydrogen (secondary N) is 2. The summed E-state index contributed by atoms with van der Waals surface area (Å²) in [5.74, 6) is 2.40. The van der Waals surface area contributed by atoms with Crippen molar-refractivity contribution in [3.63, 3.8) is 0 Å². The zero-order valence-electron chi connectivity index (χ0n) is 14.8. The second kappa shape index (κ2) is 12.5. The van der Waals surface area contributed by atoms with Gasteiger partial charge in [0.15, 0.2) is 11.8 Å². The van der Waals surface area contributed by atoms with E-state index < -0.39 is 0 Å². The summed E-state index contributed by atoms with van der Waals surface area (Å²) in [5.41, 5.74) is 0. The smallest absolute Gasteiger partial charge is 0.223 e. The van der Waals surface area contributed by atoms with Gasteiger partial charge >= 0.3 is 0 Å². The number of rotatable bonds is 9. The largest absolute Gasteiger partial charge is 0.378 e.